The maximum atomic E-state index is 6.32. The van der Waals surface area contributed by atoms with Crippen LogP contribution in [0.4, 0.5) is 0 Å². The van der Waals surface area contributed by atoms with Crippen molar-refractivity contribution in [2.75, 3.05) is 6.54 Å². The number of halogens is 2. The summed E-state index contributed by atoms with van der Waals surface area (Å²) in [6.07, 6.45) is 1.97. The molecule has 0 saturated heterocycles. The Hall–Kier alpha value is -1.02. The van der Waals surface area contributed by atoms with E-state index in [2.05, 4.69) is 36.5 Å². The maximum absolute atomic E-state index is 6.32. The number of benzene rings is 2. The molecule has 20 heavy (non-hydrogen) atoms. The molecule has 0 fully saturated rings. The van der Waals surface area contributed by atoms with E-state index in [0.29, 0.717) is 0 Å². The van der Waals surface area contributed by atoms with Gasteiger partial charge in [-0.25, -0.2) is 0 Å². The van der Waals surface area contributed by atoms with E-state index in [1.807, 2.05) is 24.3 Å². The first-order valence-electron chi connectivity index (χ1n) is 6.93. The first-order valence-corrected chi connectivity index (χ1v) is 7.69. The summed E-state index contributed by atoms with van der Waals surface area (Å²) in [6, 6.07) is 16.3. The SMILES string of the molecule is CCNC(CCc1ccccc1)c1c(Cl)cccc1Cl. The average molecular weight is 308 g/mol. The molecule has 1 atom stereocenters. The lowest BCUT2D eigenvalue weighted by molar-refractivity contribution is 0.516. The molecule has 2 aromatic carbocycles. The van der Waals surface area contributed by atoms with Crippen molar-refractivity contribution >= 4 is 23.2 Å². The molecule has 1 nitrogen and oxygen atoms in total. The minimum Gasteiger partial charge on any atom is -0.310 e. The molecular weight excluding hydrogens is 289 g/mol. The third-order valence-corrected chi connectivity index (χ3v) is 4.02. The molecule has 0 radical (unpaired) electrons. The highest BCUT2D eigenvalue weighted by atomic mass is 35.5. The molecule has 0 saturated carbocycles. The van der Waals surface area contributed by atoms with Crippen molar-refractivity contribution in [3.05, 3.63) is 69.7 Å². The predicted molar refractivity (Wildman–Crippen MR) is 87.6 cm³/mol. The van der Waals surface area contributed by atoms with E-state index in [4.69, 9.17) is 23.2 Å². The first-order chi connectivity index (χ1) is 9.72. The van der Waals surface area contributed by atoms with E-state index in [1.54, 1.807) is 0 Å². The van der Waals surface area contributed by atoms with Crippen molar-refractivity contribution in [2.45, 2.75) is 25.8 Å². The summed E-state index contributed by atoms with van der Waals surface area (Å²) in [5.41, 5.74) is 2.34. The largest absolute Gasteiger partial charge is 0.310 e. The third kappa shape index (κ3) is 3.99. The molecule has 2 aromatic rings. The fraction of sp³-hybridized carbons (Fsp3) is 0.294. The number of nitrogens with one attached hydrogen (secondary N) is 1. The van der Waals surface area contributed by atoms with Crippen LogP contribution >= 0.6 is 23.2 Å². The highest BCUT2D eigenvalue weighted by molar-refractivity contribution is 6.36. The molecule has 0 bridgehead atoms. The average Bonchev–Trinajstić information content (AvgIpc) is 2.45. The van der Waals surface area contributed by atoms with E-state index in [1.165, 1.54) is 5.56 Å². The molecule has 0 aliphatic rings. The van der Waals surface area contributed by atoms with E-state index < -0.39 is 0 Å². The smallest absolute Gasteiger partial charge is 0.0468 e. The van der Waals surface area contributed by atoms with Gasteiger partial charge in [0, 0.05) is 21.7 Å². The fourth-order valence-corrected chi connectivity index (χ4v) is 3.06. The highest BCUT2D eigenvalue weighted by Gasteiger charge is 2.16. The monoisotopic (exact) mass is 307 g/mol. The van der Waals surface area contributed by atoms with Crippen molar-refractivity contribution in [1.29, 1.82) is 0 Å². The van der Waals surface area contributed by atoms with Crippen LogP contribution in [0.1, 0.15) is 30.5 Å². The second-order valence-electron chi connectivity index (χ2n) is 4.77. The number of rotatable bonds is 6. The van der Waals surface area contributed by atoms with Crippen LogP contribution in [0.25, 0.3) is 0 Å². The van der Waals surface area contributed by atoms with Crippen LogP contribution in [0, 0.1) is 0 Å². The maximum Gasteiger partial charge on any atom is 0.0468 e. The number of hydrogen-bond acceptors (Lipinski definition) is 1. The van der Waals surface area contributed by atoms with Crippen LogP contribution in [0.2, 0.25) is 10.0 Å². The Bertz CT molecular complexity index is 520. The summed E-state index contributed by atoms with van der Waals surface area (Å²) in [6.45, 7) is 2.99. The number of hydrogen-bond donors (Lipinski definition) is 1. The Morgan fingerprint density at radius 3 is 2.20 bits per heavy atom. The molecule has 0 aliphatic carbocycles. The van der Waals surface area contributed by atoms with Gasteiger partial charge in [-0.2, -0.15) is 0 Å². The highest BCUT2D eigenvalue weighted by Crippen LogP contribution is 2.32. The summed E-state index contributed by atoms with van der Waals surface area (Å²) in [4.78, 5) is 0. The van der Waals surface area contributed by atoms with Crippen molar-refractivity contribution in [1.82, 2.24) is 5.32 Å². The van der Waals surface area contributed by atoms with E-state index in [0.717, 1.165) is 35.0 Å². The van der Waals surface area contributed by atoms with Gasteiger partial charge < -0.3 is 5.32 Å². The molecule has 0 aliphatic heterocycles. The van der Waals surface area contributed by atoms with Gasteiger partial charge in [-0.05, 0) is 37.1 Å². The summed E-state index contributed by atoms with van der Waals surface area (Å²) >= 11 is 12.6. The quantitative estimate of drug-likeness (QED) is 0.766. The van der Waals surface area contributed by atoms with Gasteiger partial charge >= 0.3 is 0 Å². The fourth-order valence-electron chi connectivity index (χ4n) is 2.39. The van der Waals surface area contributed by atoms with Crippen LogP contribution < -0.4 is 5.32 Å². The van der Waals surface area contributed by atoms with Gasteiger partial charge in [-0.15, -0.1) is 0 Å². The van der Waals surface area contributed by atoms with E-state index in [9.17, 15) is 0 Å². The van der Waals surface area contributed by atoms with Gasteiger partial charge in [0.15, 0.2) is 0 Å². The number of aryl methyl sites for hydroxylation is 1. The molecule has 0 amide bonds. The van der Waals surface area contributed by atoms with Crippen LogP contribution in [0.15, 0.2) is 48.5 Å². The van der Waals surface area contributed by atoms with Crippen LogP contribution in [-0.4, -0.2) is 6.54 Å². The Morgan fingerprint density at radius 2 is 1.60 bits per heavy atom. The Labute approximate surface area is 130 Å². The van der Waals surface area contributed by atoms with Crippen LogP contribution in [0.3, 0.4) is 0 Å². The molecular formula is C17H19Cl2N. The third-order valence-electron chi connectivity index (χ3n) is 3.36. The molecule has 2 rings (SSSR count). The molecule has 1 N–H and O–H groups in total. The van der Waals surface area contributed by atoms with Gasteiger partial charge in [0.2, 0.25) is 0 Å². The van der Waals surface area contributed by atoms with Crippen LogP contribution in [0.5, 0.6) is 0 Å². The van der Waals surface area contributed by atoms with Gasteiger partial charge in [0.1, 0.15) is 0 Å². The van der Waals surface area contributed by atoms with Crippen molar-refractivity contribution in [3.8, 4) is 0 Å². The topological polar surface area (TPSA) is 12.0 Å². The zero-order chi connectivity index (χ0) is 14.4. The molecule has 1 unspecified atom stereocenters. The van der Waals surface area contributed by atoms with Gasteiger partial charge in [0.05, 0.1) is 0 Å². The first kappa shape index (κ1) is 15.4. The Kier molecular flexibility index (Phi) is 5.90. The van der Waals surface area contributed by atoms with Crippen molar-refractivity contribution in [3.63, 3.8) is 0 Å². The molecule has 3 heteroatoms. The zero-order valence-electron chi connectivity index (χ0n) is 11.6. The van der Waals surface area contributed by atoms with Gasteiger partial charge in [-0.1, -0.05) is 66.5 Å². The Balaban J connectivity index is 2.15. The van der Waals surface area contributed by atoms with Gasteiger partial charge in [0.25, 0.3) is 0 Å². The minimum absolute atomic E-state index is 0.182. The second kappa shape index (κ2) is 7.68. The zero-order valence-corrected chi connectivity index (χ0v) is 13.1. The summed E-state index contributed by atoms with van der Waals surface area (Å²) in [5.74, 6) is 0. The second-order valence-corrected chi connectivity index (χ2v) is 5.58. The molecule has 0 heterocycles. The lowest BCUT2D eigenvalue weighted by atomic mass is 9.98. The normalized spacial score (nSPS) is 12.3. The minimum atomic E-state index is 0.182. The summed E-state index contributed by atoms with van der Waals surface area (Å²) in [7, 11) is 0. The van der Waals surface area contributed by atoms with E-state index in [-0.39, 0.29) is 6.04 Å². The standard InChI is InChI=1S/C17H19Cl2N/c1-2-20-16(12-11-13-7-4-3-5-8-13)17-14(18)9-6-10-15(17)19/h3-10,16,20H,2,11-12H2,1H3. The van der Waals surface area contributed by atoms with Crippen molar-refractivity contribution in [2.24, 2.45) is 0 Å². The van der Waals surface area contributed by atoms with Gasteiger partial charge in [-0.3, -0.25) is 0 Å². The molecule has 0 spiro atoms. The van der Waals surface area contributed by atoms with E-state index >= 15 is 0 Å². The van der Waals surface area contributed by atoms with Crippen molar-refractivity contribution < 1.29 is 0 Å². The Morgan fingerprint density at radius 1 is 0.950 bits per heavy atom. The summed E-state index contributed by atoms with van der Waals surface area (Å²) < 4.78 is 0. The van der Waals surface area contributed by atoms with Crippen LogP contribution in [-0.2, 0) is 6.42 Å². The summed E-state index contributed by atoms with van der Waals surface area (Å²) in [5, 5.41) is 4.95. The molecule has 106 valence electrons. The molecule has 0 aromatic heterocycles. The lowest BCUT2D eigenvalue weighted by Crippen LogP contribution is -2.22. The predicted octanol–water partition coefficient (Wildman–Crippen LogP) is 5.28. The lowest BCUT2D eigenvalue weighted by Gasteiger charge is -2.21.